The zero-order chi connectivity index (χ0) is 15.8. The lowest BCUT2D eigenvalue weighted by molar-refractivity contribution is -0.158. The van der Waals surface area contributed by atoms with Gasteiger partial charge in [-0.2, -0.15) is 0 Å². The molecule has 0 N–H and O–H groups in total. The summed E-state index contributed by atoms with van der Waals surface area (Å²) in [5.41, 5.74) is 0. The molecule has 0 unspecified atom stereocenters. The monoisotopic (exact) mass is 297 g/mol. The van der Waals surface area contributed by atoms with Crippen molar-refractivity contribution in [3.05, 3.63) is 0 Å². The van der Waals surface area contributed by atoms with Crippen molar-refractivity contribution in [2.45, 2.75) is 59.3 Å². The van der Waals surface area contributed by atoms with Crippen LogP contribution in [0.1, 0.15) is 59.3 Å². The molecule has 1 fully saturated rings. The Morgan fingerprint density at radius 2 is 0.857 bits per heavy atom. The molecule has 1 aliphatic rings. The summed E-state index contributed by atoms with van der Waals surface area (Å²) in [6.07, 6.45) is 3.65. The summed E-state index contributed by atoms with van der Waals surface area (Å²) in [4.78, 5) is 41.1. The van der Waals surface area contributed by atoms with Gasteiger partial charge in [-0.25, -0.2) is 0 Å². The standard InChI is InChI=1S/C15H27N3O3/c1-4-7-13(19)16-10-17(14(20)8-5-2)12-18(11-16)15(21)9-6-3/h4-12H2,1-3H3. The minimum atomic E-state index is 0.000738. The average molecular weight is 297 g/mol. The fourth-order valence-corrected chi connectivity index (χ4v) is 2.34. The highest BCUT2D eigenvalue weighted by atomic mass is 16.2. The van der Waals surface area contributed by atoms with Crippen molar-refractivity contribution in [2.24, 2.45) is 0 Å². The first kappa shape index (κ1) is 17.5. The lowest BCUT2D eigenvalue weighted by Crippen LogP contribution is -2.59. The van der Waals surface area contributed by atoms with Crippen molar-refractivity contribution >= 4 is 17.7 Å². The Balaban J connectivity index is 2.79. The first-order chi connectivity index (χ1) is 10.0. The smallest absolute Gasteiger partial charge is 0.225 e. The van der Waals surface area contributed by atoms with Crippen LogP contribution in [0.2, 0.25) is 0 Å². The molecule has 0 spiro atoms. The van der Waals surface area contributed by atoms with E-state index < -0.39 is 0 Å². The van der Waals surface area contributed by atoms with E-state index in [1.165, 1.54) is 0 Å². The van der Waals surface area contributed by atoms with E-state index in [1.54, 1.807) is 14.7 Å². The highest BCUT2D eigenvalue weighted by molar-refractivity contribution is 5.81. The van der Waals surface area contributed by atoms with Crippen LogP contribution in [0.25, 0.3) is 0 Å². The number of hydrogen-bond acceptors (Lipinski definition) is 3. The van der Waals surface area contributed by atoms with Crippen molar-refractivity contribution in [3.63, 3.8) is 0 Å². The maximum Gasteiger partial charge on any atom is 0.225 e. The van der Waals surface area contributed by atoms with Crippen molar-refractivity contribution in [2.75, 3.05) is 20.0 Å². The van der Waals surface area contributed by atoms with Crippen LogP contribution in [0.5, 0.6) is 0 Å². The van der Waals surface area contributed by atoms with Crippen molar-refractivity contribution in [1.82, 2.24) is 14.7 Å². The van der Waals surface area contributed by atoms with Crippen LogP contribution in [-0.4, -0.2) is 52.4 Å². The molecule has 0 radical (unpaired) electrons. The van der Waals surface area contributed by atoms with Crippen LogP contribution in [0.3, 0.4) is 0 Å². The van der Waals surface area contributed by atoms with Gasteiger partial charge >= 0.3 is 0 Å². The van der Waals surface area contributed by atoms with Gasteiger partial charge in [-0.3, -0.25) is 14.4 Å². The normalized spacial score (nSPS) is 15.3. The fraction of sp³-hybridized carbons (Fsp3) is 0.800. The molecule has 0 aromatic rings. The van der Waals surface area contributed by atoms with E-state index in [2.05, 4.69) is 0 Å². The van der Waals surface area contributed by atoms with Crippen LogP contribution < -0.4 is 0 Å². The van der Waals surface area contributed by atoms with Crippen LogP contribution >= 0.6 is 0 Å². The van der Waals surface area contributed by atoms with Gasteiger partial charge in [-0.05, 0) is 19.3 Å². The summed E-state index contributed by atoms with van der Waals surface area (Å²) in [6.45, 7) is 6.74. The van der Waals surface area contributed by atoms with Gasteiger partial charge in [0.25, 0.3) is 0 Å². The second kappa shape index (κ2) is 8.64. The largest absolute Gasteiger partial charge is 0.307 e. The topological polar surface area (TPSA) is 60.9 Å². The molecule has 1 rings (SSSR count). The number of nitrogens with zero attached hydrogens (tertiary/aromatic N) is 3. The average Bonchev–Trinajstić information content (AvgIpc) is 2.47. The summed E-state index contributed by atoms with van der Waals surface area (Å²) < 4.78 is 0. The minimum Gasteiger partial charge on any atom is -0.307 e. The minimum absolute atomic E-state index is 0.000738. The third-order valence-electron chi connectivity index (χ3n) is 3.47. The SMILES string of the molecule is CCCC(=O)N1CN(C(=O)CCC)CN(C(=O)CCC)C1. The first-order valence-electron chi connectivity index (χ1n) is 7.86. The lowest BCUT2D eigenvalue weighted by Gasteiger charge is -2.42. The molecule has 0 atom stereocenters. The van der Waals surface area contributed by atoms with Crippen LogP contribution in [0, 0.1) is 0 Å². The van der Waals surface area contributed by atoms with Gasteiger partial charge in [0.2, 0.25) is 17.7 Å². The quantitative estimate of drug-likeness (QED) is 0.750. The molecule has 0 aliphatic carbocycles. The fourth-order valence-electron chi connectivity index (χ4n) is 2.34. The zero-order valence-corrected chi connectivity index (χ0v) is 13.4. The Morgan fingerprint density at radius 1 is 0.619 bits per heavy atom. The summed E-state index contributed by atoms with van der Waals surface area (Å²) in [6, 6.07) is 0. The predicted octanol–water partition coefficient (Wildman–Crippen LogP) is 1.76. The molecular formula is C15H27N3O3. The molecule has 6 nitrogen and oxygen atoms in total. The van der Waals surface area contributed by atoms with Crippen LogP contribution in [-0.2, 0) is 14.4 Å². The predicted molar refractivity (Wildman–Crippen MR) is 79.9 cm³/mol. The number of carbonyl (C=O) groups is 3. The van der Waals surface area contributed by atoms with Gasteiger partial charge in [0.05, 0.1) is 20.0 Å². The Bertz CT molecular complexity index is 321. The molecule has 1 saturated heterocycles. The molecule has 0 bridgehead atoms. The van der Waals surface area contributed by atoms with Gasteiger partial charge in [0.15, 0.2) is 0 Å². The highest BCUT2D eigenvalue weighted by Gasteiger charge is 2.30. The van der Waals surface area contributed by atoms with Crippen LogP contribution in [0.4, 0.5) is 0 Å². The summed E-state index contributed by atoms with van der Waals surface area (Å²) in [5.74, 6) is 0.00221. The van der Waals surface area contributed by atoms with Crippen molar-refractivity contribution in [3.8, 4) is 0 Å². The molecule has 0 aromatic carbocycles. The maximum absolute atomic E-state index is 12.1. The third kappa shape index (κ3) is 5.02. The molecule has 120 valence electrons. The molecule has 21 heavy (non-hydrogen) atoms. The molecule has 0 saturated carbocycles. The molecule has 0 aromatic heterocycles. The highest BCUT2D eigenvalue weighted by Crippen LogP contribution is 2.13. The van der Waals surface area contributed by atoms with Crippen molar-refractivity contribution < 1.29 is 14.4 Å². The number of amides is 3. The lowest BCUT2D eigenvalue weighted by atomic mass is 10.2. The van der Waals surface area contributed by atoms with Gasteiger partial charge in [0, 0.05) is 19.3 Å². The van der Waals surface area contributed by atoms with E-state index in [0.29, 0.717) is 39.3 Å². The van der Waals surface area contributed by atoms with Gasteiger partial charge in [-0.15, -0.1) is 0 Å². The molecular weight excluding hydrogens is 270 g/mol. The van der Waals surface area contributed by atoms with E-state index in [-0.39, 0.29) is 17.7 Å². The maximum atomic E-state index is 12.1. The molecule has 1 heterocycles. The van der Waals surface area contributed by atoms with Gasteiger partial charge < -0.3 is 14.7 Å². The Hall–Kier alpha value is -1.59. The van der Waals surface area contributed by atoms with E-state index in [1.807, 2.05) is 20.8 Å². The summed E-state index contributed by atoms with van der Waals surface area (Å²) >= 11 is 0. The Kier molecular flexibility index (Phi) is 7.19. The molecule has 1 aliphatic heterocycles. The van der Waals surface area contributed by atoms with E-state index in [0.717, 1.165) is 19.3 Å². The van der Waals surface area contributed by atoms with Gasteiger partial charge in [0.1, 0.15) is 0 Å². The van der Waals surface area contributed by atoms with E-state index in [4.69, 9.17) is 0 Å². The number of rotatable bonds is 6. The number of hydrogen-bond donors (Lipinski definition) is 0. The van der Waals surface area contributed by atoms with E-state index >= 15 is 0 Å². The Labute approximate surface area is 127 Å². The second-order valence-electron chi connectivity index (χ2n) is 5.47. The summed E-state index contributed by atoms with van der Waals surface area (Å²) in [5, 5.41) is 0. The molecule has 6 heteroatoms. The van der Waals surface area contributed by atoms with E-state index in [9.17, 15) is 14.4 Å². The first-order valence-corrected chi connectivity index (χ1v) is 7.86. The number of carbonyl (C=O) groups excluding carboxylic acids is 3. The Morgan fingerprint density at radius 3 is 1.05 bits per heavy atom. The third-order valence-corrected chi connectivity index (χ3v) is 3.47. The summed E-state index contributed by atoms with van der Waals surface area (Å²) in [7, 11) is 0. The van der Waals surface area contributed by atoms with Crippen LogP contribution in [0.15, 0.2) is 0 Å². The van der Waals surface area contributed by atoms with Crippen molar-refractivity contribution in [1.29, 1.82) is 0 Å². The van der Waals surface area contributed by atoms with Gasteiger partial charge in [-0.1, -0.05) is 20.8 Å². The molecule has 3 amide bonds. The zero-order valence-electron chi connectivity index (χ0n) is 13.4. The second-order valence-corrected chi connectivity index (χ2v) is 5.47.